The fraction of sp³-hybridized carbons (Fsp3) is 0.240. The van der Waals surface area contributed by atoms with Gasteiger partial charge in [-0.1, -0.05) is 30.3 Å². The minimum atomic E-state index is -0.746. The molecule has 0 aliphatic heterocycles. The van der Waals surface area contributed by atoms with Crippen LogP contribution in [-0.2, 0) is 11.8 Å². The molecule has 4 rings (SSSR count). The summed E-state index contributed by atoms with van der Waals surface area (Å²) < 4.78 is 13.1. The monoisotopic (exact) mass is 430 g/mol. The quantitative estimate of drug-likeness (QED) is 0.458. The van der Waals surface area contributed by atoms with E-state index in [1.165, 1.54) is 0 Å². The fourth-order valence-electron chi connectivity index (χ4n) is 3.61. The van der Waals surface area contributed by atoms with Crippen molar-refractivity contribution in [3.63, 3.8) is 0 Å². The molecule has 0 aliphatic carbocycles. The first-order valence-corrected chi connectivity index (χ1v) is 10.6. The van der Waals surface area contributed by atoms with Gasteiger partial charge < -0.3 is 14.8 Å². The number of aromatic nitrogens is 3. The third-order valence-corrected chi connectivity index (χ3v) is 5.13. The first-order chi connectivity index (χ1) is 15.5. The lowest BCUT2D eigenvalue weighted by Crippen LogP contribution is -2.30. The topological polar surface area (TPSA) is 78.3 Å². The standard InChI is InChI=1S/C25H26N4O3/c1-5-31-20-13-11-19(12-14-20)26-25(30)17(3)32-22-15-21(18-9-7-6-8-10-18)23-16(2)28-29(4)24(23)27-22/h6-15,17H,5H2,1-4H3,(H,26,30). The number of ether oxygens (including phenoxy) is 2. The zero-order valence-electron chi connectivity index (χ0n) is 18.6. The van der Waals surface area contributed by atoms with Crippen LogP contribution in [0.5, 0.6) is 11.6 Å². The molecule has 2 heterocycles. The van der Waals surface area contributed by atoms with Crippen molar-refractivity contribution in [3.05, 3.63) is 66.4 Å². The molecule has 1 atom stereocenters. The number of benzene rings is 2. The lowest BCUT2D eigenvalue weighted by molar-refractivity contribution is -0.122. The molecule has 0 aliphatic rings. The van der Waals surface area contributed by atoms with E-state index in [4.69, 9.17) is 9.47 Å². The number of fused-ring (bicyclic) bond motifs is 1. The summed E-state index contributed by atoms with van der Waals surface area (Å²) in [5.74, 6) is 0.861. The van der Waals surface area contributed by atoms with Gasteiger partial charge in [-0.3, -0.25) is 9.48 Å². The lowest BCUT2D eigenvalue weighted by atomic mass is 10.0. The second kappa shape index (κ2) is 9.09. The number of hydrogen-bond donors (Lipinski definition) is 1. The number of amides is 1. The maximum Gasteiger partial charge on any atom is 0.265 e. The molecule has 1 amide bonds. The Morgan fingerprint density at radius 3 is 2.53 bits per heavy atom. The van der Waals surface area contributed by atoms with Crippen LogP contribution >= 0.6 is 0 Å². The summed E-state index contributed by atoms with van der Waals surface area (Å²) in [6.07, 6.45) is -0.746. The van der Waals surface area contributed by atoms with Gasteiger partial charge in [-0.15, -0.1) is 0 Å². The highest BCUT2D eigenvalue weighted by atomic mass is 16.5. The highest BCUT2D eigenvalue weighted by molar-refractivity contribution is 5.96. The Balaban J connectivity index is 1.58. The Morgan fingerprint density at radius 1 is 1.12 bits per heavy atom. The van der Waals surface area contributed by atoms with Gasteiger partial charge in [0, 0.05) is 18.8 Å². The summed E-state index contributed by atoms with van der Waals surface area (Å²) in [7, 11) is 1.85. The van der Waals surface area contributed by atoms with Gasteiger partial charge in [0.25, 0.3) is 5.91 Å². The number of nitrogens with one attached hydrogen (secondary N) is 1. The summed E-state index contributed by atoms with van der Waals surface area (Å²) in [6.45, 7) is 6.18. The van der Waals surface area contributed by atoms with Gasteiger partial charge in [-0.25, -0.2) is 0 Å². The molecule has 2 aromatic carbocycles. The Hall–Kier alpha value is -3.87. The first-order valence-electron chi connectivity index (χ1n) is 10.6. The van der Waals surface area contributed by atoms with Crippen molar-refractivity contribution in [1.29, 1.82) is 0 Å². The summed E-state index contributed by atoms with van der Waals surface area (Å²) >= 11 is 0. The van der Waals surface area contributed by atoms with E-state index in [1.807, 2.05) is 69.4 Å². The average molecular weight is 431 g/mol. The highest BCUT2D eigenvalue weighted by Crippen LogP contribution is 2.33. The predicted octanol–water partition coefficient (Wildman–Crippen LogP) is 4.75. The van der Waals surface area contributed by atoms with Crippen LogP contribution in [0, 0.1) is 6.92 Å². The number of rotatable bonds is 7. The zero-order valence-corrected chi connectivity index (χ0v) is 18.6. The number of pyridine rings is 1. The fourth-order valence-corrected chi connectivity index (χ4v) is 3.61. The van der Waals surface area contributed by atoms with Crippen molar-refractivity contribution in [3.8, 4) is 22.8 Å². The van der Waals surface area contributed by atoms with E-state index in [9.17, 15) is 4.79 Å². The number of carbonyl (C=O) groups is 1. The first kappa shape index (κ1) is 21.4. The molecule has 2 aromatic heterocycles. The second-order valence-electron chi connectivity index (χ2n) is 7.49. The predicted molar refractivity (Wildman–Crippen MR) is 125 cm³/mol. The highest BCUT2D eigenvalue weighted by Gasteiger charge is 2.20. The van der Waals surface area contributed by atoms with E-state index in [0.717, 1.165) is 28.0 Å². The molecule has 32 heavy (non-hydrogen) atoms. The van der Waals surface area contributed by atoms with Gasteiger partial charge in [0.2, 0.25) is 5.88 Å². The Labute approximate surface area is 187 Å². The molecule has 164 valence electrons. The molecule has 0 radical (unpaired) electrons. The van der Waals surface area contributed by atoms with Crippen molar-refractivity contribution >= 4 is 22.6 Å². The lowest BCUT2D eigenvalue weighted by Gasteiger charge is -2.16. The maximum absolute atomic E-state index is 12.7. The van der Waals surface area contributed by atoms with Crippen LogP contribution in [0.15, 0.2) is 60.7 Å². The summed E-state index contributed by atoms with van der Waals surface area (Å²) in [6, 6.07) is 19.1. The number of nitrogens with zero attached hydrogens (tertiary/aromatic N) is 3. The molecule has 1 N–H and O–H groups in total. The van der Waals surface area contributed by atoms with E-state index < -0.39 is 6.10 Å². The van der Waals surface area contributed by atoms with Crippen molar-refractivity contribution in [1.82, 2.24) is 14.8 Å². The van der Waals surface area contributed by atoms with Gasteiger partial charge >= 0.3 is 0 Å². The molecule has 0 saturated carbocycles. The SMILES string of the molecule is CCOc1ccc(NC(=O)C(C)Oc2cc(-c3ccccc3)c3c(C)nn(C)c3n2)cc1. The van der Waals surface area contributed by atoms with E-state index in [-0.39, 0.29) is 5.91 Å². The number of carbonyl (C=O) groups excluding carboxylic acids is 1. The minimum absolute atomic E-state index is 0.265. The van der Waals surface area contributed by atoms with Crippen LogP contribution in [-0.4, -0.2) is 33.4 Å². The smallest absolute Gasteiger partial charge is 0.265 e. The summed E-state index contributed by atoms with van der Waals surface area (Å²) in [4.78, 5) is 17.3. The van der Waals surface area contributed by atoms with Crippen molar-refractivity contribution in [2.75, 3.05) is 11.9 Å². The zero-order chi connectivity index (χ0) is 22.7. The van der Waals surface area contributed by atoms with E-state index in [2.05, 4.69) is 15.4 Å². The van der Waals surface area contributed by atoms with Crippen LogP contribution < -0.4 is 14.8 Å². The third-order valence-electron chi connectivity index (χ3n) is 5.13. The van der Waals surface area contributed by atoms with Crippen LogP contribution in [0.25, 0.3) is 22.2 Å². The number of aryl methyl sites for hydroxylation is 2. The number of hydrogen-bond acceptors (Lipinski definition) is 5. The molecule has 0 saturated heterocycles. The largest absolute Gasteiger partial charge is 0.494 e. The van der Waals surface area contributed by atoms with Crippen LogP contribution in [0.1, 0.15) is 19.5 Å². The summed E-state index contributed by atoms with van der Waals surface area (Å²) in [5, 5.41) is 8.35. The second-order valence-corrected chi connectivity index (χ2v) is 7.49. The van der Waals surface area contributed by atoms with Crippen LogP contribution in [0.3, 0.4) is 0 Å². The van der Waals surface area contributed by atoms with Crippen molar-refractivity contribution in [2.45, 2.75) is 26.9 Å². The van der Waals surface area contributed by atoms with Gasteiger partial charge in [-0.2, -0.15) is 10.1 Å². The van der Waals surface area contributed by atoms with Gasteiger partial charge in [0.05, 0.1) is 17.7 Å². The summed E-state index contributed by atoms with van der Waals surface area (Å²) in [5.41, 5.74) is 4.27. The number of anilines is 1. The van der Waals surface area contributed by atoms with E-state index >= 15 is 0 Å². The third kappa shape index (κ3) is 4.42. The molecule has 0 spiro atoms. The van der Waals surface area contributed by atoms with Crippen LogP contribution in [0.4, 0.5) is 5.69 Å². The molecule has 1 unspecified atom stereocenters. The van der Waals surface area contributed by atoms with Crippen molar-refractivity contribution < 1.29 is 14.3 Å². The Bertz CT molecular complexity index is 1230. The Morgan fingerprint density at radius 2 is 1.84 bits per heavy atom. The minimum Gasteiger partial charge on any atom is -0.494 e. The maximum atomic E-state index is 12.7. The Kier molecular flexibility index (Phi) is 6.07. The molecular weight excluding hydrogens is 404 g/mol. The molecule has 7 heteroatoms. The van der Waals surface area contributed by atoms with Crippen LogP contribution in [0.2, 0.25) is 0 Å². The van der Waals surface area contributed by atoms with Gasteiger partial charge in [0.15, 0.2) is 11.8 Å². The van der Waals surface area contributed by atoms with Gasteiger partial charge in [-0.05, 0) is 56.2 Å². The molecule has 0 fully saturated rings. The van der Waals surface area contributed by atoms with Gasteiger partial charge in [0.1, 0.15) is 5.75 Å². The molecular formula is C25H26N4O3. The van der Waals surface area contributed by atoms with E-state index in [1.54, 1.807) is 23.7 Å². The van der Waals surface area contributed by atoms with E-state index in [0.29, 0.717) is 23.8 Å². The average Bonchev–Trinajstić information content (AvgIpc) is 3.08. The van der Waals surface area contributed by atoms with Crippen molar-refractivity contribution in [2.24, 2.45) is 7.05 Å². The normalized spacial score (nSPS) is 11.9. The molecule has 4 aromatic rings. The molecule has 7 nitrogen and oxygen atoms in total. The molecule has 0 bridgehead atoms.